The average Bonchev–Trinajstić information content (AvgIpc) is 1.79. The van der Waals surface area contributed by atoms with E-state index >= 15 is 0 Å². The van der Waals surface area contributed by atoms with Gasteiger partial charge in [0.05, 0.1) is 33.3 Å². The van der Waals surface area contributed by atoms with Gasteiger partial charge >= 0.3 is 0 Å². The van der Waals surface area contributed by atoms with Crippen LogP contribution in [0.3, 0.4) is 0 Å². The summed E-state index contributed by atoms with van der Waals surface area (Å²) in [6.07, 6.45) is 0.917. The fourth-order valence-corrected chi connectivity index (χ4v) is 1.76. The van der Waals surface area contributed by atoms with Gasteiger partial charge in [0, 0.05) is 12.3 Å². The van der Waals surface area contributed by atoms with Crippen molar-refractivity contribution in [3.63, 3.8) is 0 Å². The van der Waals surface area contributed by atoms with E-state index in [9.17, 15) is 5.11 Å². The van der Waals surface area contributed by atoms with E-state index in [0.717, 1.165) is 24.0 Å². The second kappa shape index (κ2) is 2.51. The average molecular weight is 144 g/mol. The highest BCUT2D eigenvalue weighted by Crippen LogP contribution is 2.19. The second-order valence-electron chi connectivity index (χ2n) is 4.18. The standard InChI is InChI=1S/C8H18NO/c1-7-6-9(2,3)5-4-8(7)10/h7-8,10H,4-6H2,1-3H3/q+1/t7-,8+/m1/s1. The first kappa shape index (κ1) is 8.02. The molecular formula is C8H18NO+. The van der Waals surface area contributed by atoms with Gasteiger partial charge < -0.3 is 9.59 Å². The van der Waals surface area contributed by atoms with Gasteiger partial charge in [0.2, 0.25) is 0 Å². The molecular weight excluding hydrogens is 126 g/mol. The lowest BCUT2D eigenvalue weighted by Gasteiger charge is -2.39. The number of quaternary nitrogens is 1. The molecule has 1 aliphatic heterocycles. The number of aliphatic hydroxyl groups excluding tert-OH is 1. The van der Waals surface area contributed by atoms with Crippen LogP contribution in [0.4, 0.5) is 0 Å². The smallest absolute Gasteiger partial charge is 0.0833 e. The van der Waals surface area contributed by atoms with Crippen LogP contribution in [0.15, 0.2) is 0 Å². The topological polar surface area (TPSA) is 20.2 Å². The molecule has 0 radical (unpaired) electrons. The summed E-state index contributed by atoms with van der Waals surface area (Å²) in [4.78, 5) is 0. The molecule has 0 aromatic rings. The van der Waals surface area contributed by atoms with Crippen LogP contribution in [-0.2, 0) is 0 Å². The Bertz CT molecular complexity index is 122. The van der Waals surface area contributed by atoms with Crippen molar-refractivity contribution in [1.29, 1.82) is 0 Å². The summed E-state index contributed by atoms with van der Waals surface area (Å²) in [6.45, 7) is 4.36. The summed E-state index contributed by atoms with van der Waals surface area (Å²) in [5, 5.41) is 9.40. The summed E-state index contributed by atoms with van der Waals surface area (Å²) < 4.78 is 1.07. The van der Waals surface area contributed by atoms with Gasteiger partial charge in [-0.3, -0.25) is 0 Å². The molecule has 0 aliphatic carbocycles. The molecule has 1 rings (SSSR count). The summed E-state index contributed by atoms with van der Waals surface area (Å²) >= 11 is 0. The van der Waals surface area contributed by atoms with Gasteiger partial charge in [0.15, 0.2) is 0 Å². The van der Waals surface area contributed by atoms with E-state index < -0.39 is 0 Å². The molecule has 1 saturated heterocycles. The van der Waals surface area contributed by atoms with E-state index in [-0.39, 0.29) is 6.10 Å². The lowest BCUT2D eigenvalue weighted by molar-refractivity contribution is -0.899. The highest BCUT2D eigenvalue weighted by molar-refractivity contribution is 4.68. The maximum absolute atomic E-state index is 9.40. The van der Waals surface area contributed by atoms with Crippen molar-refractivity contribution in [3.8, 4) is 0 Å². The Labute approximate surface area is 63.1 Å². The van der Waals surface area contributed by atoms with E-state index in [0.29, 0.717) is 5.92 Å². The van der Waals surface area contributed by atoms with Gasteiger partial charge in [-0.2, -0.15) is 0 Å². The van der Waals surface area contributed by atoms with Gasteiger partial charge in [0.1, 0.15) is 0 Å². The minimum Gasteiger partial charge on any atom is -0.392 e. The van der Waals surface area contributed by atoms with Gasteiger partial charge in [-0.15, -0.1) is 0 Å². The molecule has 1 fully saturated rings. The third-order valence-electron chi connectivity index (χ3n) is 2.47. The zero-order chi connectivity index (χ0) is 7.78. The molecule has 0 aromatic heterocycles. The number of nitrogens with zero attached hydrogens (tertiary/aromatic N) is 1. The van der Waals surface area contributed by atoms with Gasteiger partial charge in [-0.25, -0.2) is 0 Å². The van der Waals surface area contributed by atoms with Crippen LogP contribution in [0.5, 0.6) is 0 Å². The van der Waals surface area contributed by atoms with Crippen molar-refractivity contribution in [1.82, 2.24) is 0 Å². The van der Waals surface area contributed by atoms with Crippen LogP contribution in [0, 0.1) is 5.92 Å². The van der Waals surface area contributed by atoms with Crippen LogP contribution in [0.25, 0.3) is 0 Å². The fraction of sp³-hybridized carbons (Fsp3) is 1.00. The zero-order valence-electron chi connectivity index (χ0n) is 7.17. The Morgan fingerprint density at radius 2 is 2.00 bits per heavy atom. The van der Waals surface area contributed by atoms with Crippen LogP contribution >= 0.6 is 0 Å². The number of hydrogen-bond acceptors (Lipinski definition) is 1. The van der Waals surface area contributed by atoms with Crippen LogP contribution in [0.2, 0.25) is 0 Å². The first-order valence-electron chi connectivity index (χ1n) is 4.01. The zero-order valence-corrected chi connectivity index (χ0v) is 7.17. The maximum Gasteiger partial charge on any atom is 0.0833 e. The minimum absolute atomic E-state index is 0.0499. The quantitative estimate of drug-likeness (QED) is 0.490. The van der Waals surface area contributed by atoms with Crippen molar-refractivity contribution in [2.24, 2.45) is 5.92 Å². The largest absolute Gasteiger partial charge is 0.392 e. The monoisotopic (exact) mass is 144 g/mol. The molecule has 2 nitrogen and oxygen atoms in total. The minimum atomic E-state index is -0.0499. The van der Waals surface area contributed by atoms with Crippen molar-refractivity contribution in [3.05, 3.63) is 0 Å². The third-order valence-corrected chi connectivity index (χ3v) is 2.47. The third kappa shape index (κ3) is 1.70. The number of likely N-dealkylation sites (tertiary alicyclic amines) is 1. The molecule has 0 unspecified atom stereocenters. The maximum atomic E-state index is 9.40. The Hall–Kier alpha value is -0.0800. The van der Waals surface area contributed by atoms with E-state index in [4.69, 9.17) is 0 Å². The Balaban J connectivity index is 2.49. The number of hydrogen-bond donors (Lipinski definition) is 1. The van der Waals surface area contributed by atoms with Crippen molar-refractivity contribution in [2.75, 3.05) is 27.2 Å². The van der Waals surface area contributed by atoms with E-state index in [1.54, 1.807) is 0 Å². The molecule has 60 valence electrons. The molecule has 1 heterocycles. The molecule has 2 atom stereocenters. The van der Waals surface area contributed by atoms with Crippen LogP contribution in [-0.4, -0.2) is 42.9 Å². The molecule has 2 heteroatoms. The molecule has 1 aliphatic rings. The fourth-order valence-electron chi connectivity index (χ4n) is 1.76. The number of rotatable bonds is 0. The summed E-state index contributed by atoms with van der Waals surface area (Å²) in [5.41, 5.74) is 0. The highest BCUT2D eigenvalue weighted by Gasteiger charge is 2.30. The van der Waals surface area contributed by atoms with Crippen molar-refractivity contribution in [2.45, 2.75) is 19.4 Å². The normalized spacial score (nSPS) is 39.6. The first-order valence-corrected chi connectivity index (χ1v) is 4.01. The lowest BCUT2D eigenvalue weighted by Crippen LogP contribution is -2.51. The van der Waals surface area contributed by atoms with E-state index in [1.165, 1.54) is 0 Å². The van der Waals surface area contributed by atoms with Crippen molar-refractivity contribution < 1.29 is 9.59 Å². The predicted octanol–water partition coefficient (Wildman–Crippen LogP) is 0.464. The van der Waals surface area contributed by atoms with Gasteiger partial charge in [-0.05, 0) is 0 Å². The molecule has 0 saturated carbocycles. The highest BCUT2D eigenvalue weighted by atomic mass is 16.3. The predicted molar refractivity (Wildman–Crippen MR) is 41.6 cm³/mol. The molecule has 0 bridgehead atoms. The summed E-state index contributed by atoms with van der Waals surface area (Å²) in [6, 6.07) is 0. The van der Waals surface area contributed by atoms with Crippen LogP contribution in [0.1, 0.15) is 13.3 Å². The Morgan fingerprint density at radius 1 is 1.40 bits per heavy atom. The van der Waals surface area contributed by atoms with Gasteiger partial charge in [0.25, 0.3) is 0 Å². The summed E-state index contributed by atoms with van der Waals surface area (Å²) in [5.74, 6) is 0.476. The SMILES string of the molecule is C[C@@H]1C[N+](C)(C)CC[C@@H]1O. The first-order chi connectivity index (χ1) is 4.51. The molecule has 0 spiro atoms. The second-order valence-corrected chi connectivity index (χ2v) is 4.18. The van der Waals surface area contributed by atoms with Gasteiger partial charge in [-0.1, -0.05) is 6.92 Å². The van der Waals surface area contributed by atoms with E-state index in [1.807, 2.05) is 0 Å². The number of aliphatic hydroxyl groups is 1. The molecule has 1 N–H and O–H groups in total. The lowest BCUT2D eigenvalue weighted by atomic mass is 9.96. The molecule has 10 heavy (non-hydrogen) atoms. The molecule has 0 amide bonds. The van der Waals surface area contributed by atoms with Crippen LogP contribution < -0.4 is 0 Å². The Kier molecular flexibility index (Phi) is 2.02. The molecule has 0 aromatic carbocycles. The summed E-state index contributed by atoms with van der Waals surface area (Å²) in [7, 11) is 4.45. The van der Waals surface area contributed by atoms with Crippen molar-refractivity contribution >= 4 is 0 Å². The van der Waals surface area contributed by atoms with E-state index in [2.05, 4.69) is 21.0 Å². The Morgan fingerprint density at radius 3 is 2.40 bits per heavy atom. The number of piperidine rings is 1.